The molecule has 22 heavy (non-hydrogen) atoms. The number of rotatable bonds is 7. The van der Waals surface area contributed by atoms with Crippen LogP contribution in [0.1, 0.15) is 49.9 Å². The van der Waals surface area contributed by atoms with E-state index in [0.717, 1.165) is 17.7 Å². The van der Waals surface area contributed by atoms with Gasteiger partial charge in [-0.05, 0) is 24.3 Å². The number of hydrogen-bond acceptors (Lipinski definition) is 4. The largest absolute Gasteiger partial charge is 0.336 e. The maximum absolute atomic E-state index is 12.3. The van der Waals surface area contributed by atoms with Crippen molar-refractivity contribution in [2.45, 2.75) is 51.1 Å². The van der Waals surface area contributed by atoms with E-state index in [2.05, 4.69) is 11.6 Å². The molecular formula is C15H24N2O3S2. The quantitative estimate of drug-likeness (QED) is 0.773. The SMILES string of the molecule is CCCCCS(=O)(=O)N[C@@H]1CCC(=O)N(C)[C@H]1c1cccs1. The number of likely N-dealkylation sites (tertiary alicyclic amines) is 1. The Kier molecular flexibility index (Phi) is 6.00. The number of nitrogens with zero attached hydrogens (tertiary/aromatic N) is 1. The van der Waals surface area contributed by atoms with Crippen LogP contribution in [0.2, 0.25) is 0 Å². The number of carbonyl (C=O) groups excluding carboxylic acids is 1. The lowest BCUT2D eigenvalue weighted by Gasteiger charge is -2.38. The number of hydrogen-bond donors (Lipinski definition) is 1. The van der Waals surface area contributed by atoms with Crippen LogP contribution in [-0.2, 0) is 14.8 Å². The molecule has 2 rings (SSSR count). The van der Waals surface area contributed by atoms with Crippen molar-refractivity contribution in [2.24, 2.45) is 0 Å². The third kappa shape index (κ3) is 4.30. The number of carbonyl (C=O) groups is 1. The van der Waals surface area contributed by atoms with Gasteiger partial charge in [-0.25, -0.2) is 13.1 Å². The van der Waals surface area contributed by atoms with E-state index in [1.165, 1.54) is 0 Å². The lowest BCUT2D eigenvalue weighted by molar-refractivity contribution is -0.135. The first-order valence-corrected chi connectivity index (χ1v) is 10.3. The van der Waals surface area contributed by atoms with Crippen molar-refractivity contribution >= 4 is 27.3 Å². The molecule has 2 atom stereocenters. The van der Waals surface area contributed by atoms with Gasteiger partial charge in [0.2, 0.25) is 15.9 Å². The van der Waals surface area contributed by atoms with Crippen LogP contribution < -0.4 is 4.72 Å². The van der Waals surface area contributed by atoms with Crippen molar-refractivity contribution in [3.8, 4) is 0 Å². The first-order chi connectivity index (χ1) is 10.4. The van der Waals surface area contributed by atoms with Gasteiger partial charge in [0, 0.05) is 24.4 Å². The topological polar surface area (TPSA) is 66.5 Å². The molecule has 1 amide bonds. The van der Waals surface area contributed by atoms with Crippen LogP contribution in [0.15, 0.2) is 17.5 Å². The second-order valence-corrected chi connectivity index (χ2v) is 8.61. The van der Waals surface area contributed by atoms with E-state index in [-0.39, 0.29) is 23.7 Å². The number of sulfonamides is 1. The Morgan fingerprint density at radius 1 is 1.41 bits per heavy atom. The highest BCUT2D eigenvalue weighted by Gasteiger charge is 2.37. The molecule has 124 valence electrons. The molecule has 2 heterocycles. The standard InChI is InChI=1S/C15H24N2O3S2/c1-3-4-5-11-22(19,20)16-12-8-9-14(18)17(2)15(12)13-7-6-10-21-13/h6-7,10,12,15-16H,3-5,8-9,11H2,1-2H3/t12-,15-/m1/s1. The summed E-state index contributed by atoms with van der Waals surface area (Å²) >= 11 is 1.56. The fraction of sp³-hybridized carbons (Fsp3) is 0.667. The van der Waals surface area contributed by atoms with Gasteiger partial charge in [-0.2, -0.15) is 0 Å². The molecule has 5 nitrogen and oxygen atoms in total. The summed E-state index contributed by atoms with van der Waals surface area (Å²) in [4.78, 5) is 14.7. The van der Waals surface area contributed by atoms with Crippen molar-refractivity contribution in [1.29, 1.82) is 0 Å². The summed E-state index contributed by atoms with van der Waals surface area (Å²) in [5, 5.41) is 1.95. The van der Waals surface area contributed by atoms with Gasteiger partial charge >= 0.3 is 0 Å². The van der Waals surface area contributed by atoms with Crippen LogP contribution >= 0.6 is 11.3 Å². The molecule has 0 aromatic carbocycles. The van der Waals surface area contributed by atoms with Gasteiger partial charge in [-0.1, -0.05) is 25.8 Å². The van der Waals surface area contributed by atoms with Crippen LogP contribution in [0, 0.1) is 0 Å². The van der Waals surface area contributed by atoms with Crippen LogP contribution in [0.25, 0.3) is 0 Å². The molecule has 1 aromatic heterocycles. The van der Waals surface area contributed by atoms with Gasteiger partial charge in [0.25, 0.3) is 0 Å². The van der Waals surface area contributed by atoms with Gasteiger partial charge in [0.05, 0.1) is 11.8 Å². The molecule has 1 saturated heterocycles. The number of amides is 1. The molecule has 1 fully saturated rings. The Balaban J connectivity index is 2.12. The van der Waals surface area contributed by atoms with Crippen molar-refractivity contribution in [3.05, 3.63) is 22.4 Å². The highest BCUT2D eigenvalue weighted by atomic mass is 32.2. The van der Waals surface area contributed by atoms with Gasteiger partial charge in [-0.3, -0.25) is 4.79 Å². The van der Waals surface area contributed by atoms with E-state index in [1.807, 2.05) is 17.5 Å². The molecule has 0 bridgehead atoms. The zero-order valence-electron chi connectivity index (χ0n) is 13.1. The van der Waals surface area contributed by atoms with Gasteiger partial charge in [0.15, 0.2) is 0 Å². The lowest BCUT2D eigenvalue weighted by atomic mass is 9.96. The molecule has 0 radical (unpaired) electrons. The molecule has 0 unspecified atom stereocenters. The average molecular weight is 345 g/mol. The predicted octanol–water partition coefficient (Wildman–Crippen LogP) is 2.52. The number of thiophene rings is 1. The average Bonchev–Trinajstić information content (AvgIpc) is 2.97. The van der Waals surface area contributed by atoms with Crippen molar-refractivity contribution < 1.29 is 13.2 Å². The Hall–Kier alpha value is -0.920. The molecule has 1 aliphatic rings. The van der Waals surface area contributed by atoms with Crippen LogP contribution in [0.3, 0.4) is 0 Å². The smallest absolute Gasteiger partial charge is 0.222 e. The Labute approximate surface area is 136 Å². The molecule has 0 aliphatic carbocycles. The molecule has 1 N–H and O–H groups in total. The van der Waals surface area contributed by atoms with E-state index < -0.39 is 10.0 Å². The van der Waals surface area contributed by atoms with E-state index in [0.29, 0.717) is 19.3 Å². The summed E-state index contributed by atoms with van der Waals surface area (Å²) in [7, 11) is -1.55. The van der Waals surface area contributed by atoms with Crippen molar-refractivity contribution in [1.82, 2.24) is 9.62 Å². The minimum absolute atomic E-state index is 0.0693. The summed E-state index contributed by atoms with van der Waals surface area (Å²) in [6, 6.07) is 3.44. The molecule has 0 saturated carbocycles. The third-order valence-corrected chi connectivity index (χ3v) is 6.47. The summed E-state index contributed by atoms with van der Waals surface area (Å²) in [6.07, 6.45) is 3.53. The van der Waals surface area contributed by atoms with E-state index in [4.69, 9.17) is 0 Å². The van der Waals surface area contributed by atoms with Crippen LogP contribution in [0.4, 0.5) is 0 Å². The molecular weight excluding hydrogens is 320 g/mol. The Morgan fingerprint density at radius 3 is 2.82 bits per heavy atom. The zero-order valence-corrected chi connectivity index (χ0v) is 14.8. The maximum Gasteiger partial charge on any atom is 0.222 e. The molecule has 1 aromatic rings. The third-order valence-electron chi connectivity index (χ3n) is 4.04. The minimum atomic E-state index is -3.30. The first kappa shape index (κ1) is 17.4. The Morgan fingerprint density at radius 2 is 2.18 bits per heavy atom. The summed E-state index contributed by atoms with van der Waals surface area (Å²) in [6.45, 7) is 2.05. The van der Waals surface area contributed by atoms with E-state index in [1.54, 1.807) is 23.3 Å². The van der Waals surface area contributed by atoms with Crippen LogP contribution in [-0.4, -0.2) is 38.1 Å². The van der Waals surface area contributed by atoms with Crippen molar-refractivity contribution in [3.63, 3.8) is 0 Å². The number of piperidine rings is 1. The van der Waals surface area contributed by atoms with Crippen LogP contribution in [0.5, 0.6) is 0 Å². The highest BCUT2D eigenvalue weighted by Crippen LogP contribution is 2.33. The summed E-state index contributed by atoms with van der Waals surface area (Å²) in [5.41, 5.74) is 0. The molecule has 0 spiro atoms. The number of likely N-dealkylation sites (N-methyl/N-ethyl adjacent to an activating group) is 1. The second kappa shape index (κ2) is 7.57. The van der Waals surface area contributed by atoms with E-state index >= 15 is 0 Å². The molecule has 1 aliphatic heterocycles. The fourth-order valence-corrected chi connectivity index (χ4v) is 5.19. The minimum Gasteiger partial charge on any atom is -0.336 e. The van der Waals surface area contributed by atoms with Gasteiger partial charge in [0.1, 0.15) is 0 Å². The van der Waals surface area contributed by atoms with Gasteiger partial charge < -0.3 is 4.90 Å². The van der Waals surface area contributed by atoms with Crippen molar-refractivity contribution in [2.75, 3.05) is 12.8 Å². The lowest BCUT2D eigenvalue weighted by Crippen LogP contribution is -2.50. The number of nitrogens with one attached hydrogen (secondary N) is 1. The van der Waals surface area contributed by atoms with Gasteiger partial charge in [-0.15, -0.1) is 11.3 Å². The summed E-state index contributed by atoms with van der Waals surface area (Å²) in [5.74, 6) is 0.228. The molecule has 7 heteroatoms. The normalized spacial score (nSPS) is 23.0. The maximum atomic E-state index is 12.3. The monoisotopic (exact) mass is 344 g/mol. The predicted molar refractivity (Wildman–Crippen MR) is 89.3 cm³/mol. The summed E-state index contributed by atoms with van der Waals surface area (Å²) < 4.78 is 27.4. The highest BCUT2D eigenvalue weighted by molar-refractivity contribution is 7.89. The number of unbranched alkanes of at least 4 members (excludes halogenated alkanes) is 2. The fourth-order valence-electron chi connectivity index (χ4n) is 2.84. The first-order valence-electron chi connectivity index (χ1n) is 7.73. The zero-order chi connectivity index (χ0) is 16.2. The van der Waals surface area contributed by atoms with E-state index in [9.17, 15) is 13.2 Å². The second-order valence-electron chi connectivity index (χ2n) is 5.75. The Bertz CT molecular complexity index is 584.